The van der Waals surface area contributed by atoms with Crippen LogP contribution >= 0.6 is 11.3 Å². The third-order valence-electron chi connectivity index (χ3n) is 4.44. The Hall–Kier alpha value is -0.960. The molecule has 1 aromatic rings. The van der Waals surface area contributed by atoms with E-state index >= 15 is 0 Å². The number of nitrogens with one attached hydrogen (secondary N) is 1. The summed E-state index contributed by atoms with van der Waals surface area (Å²) in [6.07, 6.45) is 6.08. The molecule has 1 unspecified atom stereocenters. The van der Waals surface area contributed by atoms with Crippen LogP contribution in [0.3, 0.4) is 0 Å². The molecule has 8 heteroatoms. The van der Waals surface area contributed by atoms with Gasteiger partial charge in [0, 0.05) is 30.6 Å². The van der Waals surface area contributed by atoms with Crippen LogP contribution in [0.5, 0.6) is 0 Å². The highest BCUT2D eigenvalue weighted by atomic mass is 32.2. The fraction of sp³-hybridized carbons (Fsp3) is 0.706. The molecule has 0 aromatic carbocycles. The molecule has 142 valence electrons. The van der Waals surface area contributed by atoms with Crippen molar-refractivity contribution in [3.63, 3.8) is 0 Å². The minimum Gasteiger partial charge on any atom is -0.352 e. The zero-order valence-electron chi connectivity index (χ0n) is 14.9. The Labute approximate surface area is 154 Å². The quantitative estimate of drug-likeness (QED) is 0.679. The fourth-order valence-corrected chi connectivity index (χ4v) is 5.99. The first-order valence-corrected chi connectivity index (χ1v) is 11.3. The minimum atomic E-state index is -3.42. The Bertz CT molecular complexity index is 652. The number of carbonyl (C=O) groups is 1. The lowest BCUT2D eigenvalue weighted by Crippen LogP contribution is -2.40. The van der Waals surface area contributed by atoms with Gasteiger partial charge in [0.15, 0.2) is 0 Å². The number of nitrogens with zero attached hydrogens (tertiary/aromatic N) is 1. The molecule has 0 aliphatic carbocycles. The lowest BCUT2D eigenvalue weighted by atomic mass is 10.1. The molecule has 25 heavy (non-hydrogen) atoms. The predicted octanol–water partition coefficient (Wildman–Crippen LogP) is 2.10. The third-order valence-corrected chi connectivity index (χ3v) is 7.89. The smallest absolute Gasteiger partial charge is 0.252 e. The molecular weight excluding hydrogens is 358 g/mol. The number of hydrogen-bond acceptors (Lipinski definition) is 5. The summed E-state index contributed by atoms with van der Waals surface area (Å²) in [6, 6.07) is 3.35. The predicted molar refractivity (Wildman–Crippen MR) is 101 cm³/mol. The topological polar surface area (TPSA) is 92.5 Å². The first kappa shape index (κ1) is 20.4. The lowest BCUT2D eigenvalue weighted by molar-refractivity contribution is -0.121. The molecule has 6 nitrogen and oxygen atoms in total. The van der Waals surface area contributed by atoms with Crippen LogP contribution < -0.4 is 11.1 Å². The highest BCUT2D eigenvalue weighted by Crippen LogP contribution is 2.27. The van der Waals surface area contributed by atoms with E-state index in [4.69, 9.17) is 5.73 Å². The number of amides is 1. The van der Waals surface area contributed by atoms with E-state index in [0.717, 1.165) is 43.4 Å². The van der Waals surface area contributed by atoms with E-state index in [2.05, 4.69) is 12.2 Å². The van der Waals surface area contributed by atoms with Gasteiger partial charge in [0.2, 0.25) is 5.91 Å². The summed E-state index contributed by atoms with van der Waals surface area (Å²) in [5.41, 5.74) is 5.70. The lowest BCUT2D eigenvalue weighted by Gasteiger charge is -2.25. The molecule has 0 saturated carbocycles. The molecule has 1 atom stereocenters. The van der Waals surface area contributed by atoms with Crippen molar-refractivity contribution in [2.45, 2.75) is 62.1 Å². The van der Waals surface area contributed by atoms with Crippen molar-refractivity contribution < 1.29 is 13.2 Å². The van der Waals surface area contributed by atoms with Gasteiger partial charge in [0.1, 0.15) is 4.21 Å². The molecule has 0 spiro atoms. The molecule has 3 N–H and O–H groups in total. The summed E-state index contributed by atoms with van der Waals surface area (Å²) in [5, 5.41) is 2.94. The summed E-state index contributed by atoms with van der Waals surface area (Å²) in [4.78, 5) is 12.9. The molecule has 1 aliphatic rings. The van der Waals surface area contributed by atoms with E-state index in [1.54, 1.807) is 16.4 Å². The molecule has 1 amide bonds. The van der Waals surface area contributed by atoms with Crippen LogP contribution in [0.15, 0.2) is 16.3 Å². The van der Waals surface area contributed by atoms with Crippen molar-refractivity contribution in [3.05, 3.63) is 17.0 Å². The number of carbonyl (C=O) groups excluding carboxylic acids is 1. The summed E-state index contributed by atoms with van der Waals surface area (Å²) >= 11 is 1.19. The number of piperidine rings is 1. The Morgan fingerprint density at radius 2 is 2.04 bits per heavy atom. The Kier molecular flexibility index (Phi) is 7.86. The van der Waals surface area contributed by atoms with Crippen molar-refractivity contribution in [3.8, 4) is 0 Å². The first-order chi connectivity index (χ1) is 12.0. The standard InChI is InChI=1S/C17H29N3O3S2/c1-2-3-7-14(13-18)19-16(21)12-15-8-9-17(24-15)25(22,23)20-10-5-4-6-11-20/h8-9,14H,2-7,10-13,18H2,1H3,(H,19,21). The molecule has 2 heterocycles. The van der Waals surface area contributed by atoms with E-state index in [1.165, 1.54) is 11.3 Å². The maximum absolute atomic E-state index is 12.6. The number of sulfonamides is 1. The number of hydrogen-bond donors (Lipinski definition) is 2. The third kappa shape index (κ3) is 5.77. The van der Waals surface area contributed by atoms with Gasteiger partial charge in [-0.05, 0) is 31.4 Å². The second kappa shape index (κ2) is 9.66. The molecule has 1 fully saturated rings. The zero-order chi connectivity index (χ0) is 18.3. The van der Waals surface area contributed by atoms with Crippen LogP contribution in [0.4, 0.5) is 0 Å². The van der Waals surface area contributed by atoms with Crippen molar-refractivity contribution in [2.24, 2.45) is 5.73 Å². The van der Waals surface area contributed by atoms with E-state index in [1.807, 2.05) is 0 Å². The van der Waals surface area contributed by atoms with Gasteiger partial charge in [-0.1, -0.05) is 26.2 Å². The van der Waals surface area contributed by atoms with Crippen LogP contribution in [0.1, 0.15) is 50.3 Å². The second-order valence-electron chi connectivity index (χ2n) is 6.50. The van der Waals surface area contributed by atoms with Crippen LogP contribution in [0.25, 0.3) is 0 Å². The van der Waals surface area contributed by atoms with Gasteiger partial charge in [0.05, 0.1) is 6.42 Å². The normalized spacial score (nSPS) is 17.4. The van der Waals surface area contributed by atoms with E-state index in [9.17, 15) is 13.2 Å². The maximum atomic E-state index is 12.6. The molecule has 1 saturated heterocycles. The summed E-state index contributed by atoms with van der Waals surface area (Å²) in [5.74, 6) is -0.102. The monoisotopic (exact) mass is 387 g/mol. The summed E-state index contributed by atoms with van der Waals surface area (Å²) < 4.78 is 27.2. The molecule has 1 aromatic heterocycles. The molecule has 2 rings (SSSR count). The van der Waals surface area contributed by atoms with Crippen LogP contribution in [0, 0.1) is 0 Å². The van der Waals surface area contributed by atoms with Gasteiger partial charge in [-0.2, -0.15) is 4.31 Å². The molecule has 0 bridgehead atoms. The van der Waals surface area contributed by atoms with Gasteiger partial charge in [0.25, 0.3) is 10.0 Å². The maximum Gasteiger partial charge on any atom is 0.252 e. The Morgan fingerprint density at radius 3 is 2.68 bits per heavy atom. The number of thiophene rings is 1. The van der Waals surface area contributed by atoms with Crippen molar-refractivity contribution in [1.82, 2.24) is 9.62 Å². The van der Waals surface area contributed by atoms with Crippen LogP contribution in [-0.2, 0) is 21.2 Å². The average molecular weight is 388 g/mol. The van der Waals surface area contributed by atoms with Gasteiger partial charge in [-0.3, -0.25) is 4.79 Å². The molecule has 1 aliphatic heterocycles. The minimum absolute atomic E-state index is 0.0102. The Balaban J connectivity index is 1.95. The number of nitrogens with two attached hydrogens (primary N) is 1. The van der Waals surface area contributed by atoms with Crippen LogP contribution in [-0.4, -0.2) is 44.3 Å². The highest BCUT2D eigenvalue weighted by Gasteiger charge is 2.27. The van der Waals surface area contributed by atoms with Gasteiger partial charge in [-0.25, -0.2) is 8.42 Å². The van der Waals surface area contributed by atoms with Crippen molar-refractivity contribution >= 4 is 27.3 Å². The van der Waals surface area contributed by atoms with Gasteiger partial charge in [-0.15, -0.1) is 11.3 Å². The number of rotatable bonds is 9. The second-order valence-corrected chi connectivity index (χ2v) is 9.84. The van der Waals surface area contributed by atoms with E-state index in [0.29, 0.717) is 23.8 Å². The van der Waals surface area contributed by atoms with Crippen LogP contribution in [0.2, 0.25) is 0 Å². The largest absolute Gasteiger partial charge is 0.352 e. The fourth-order valence-electron chi connectivity index (χ4n) is 2.96. The molecular formula is C17H29N3O3S2. The number of unbranched alkanes of at least 4 members (excludes halogenated alkanes) is 1. The average Bonchev–Trinajstić information content (AvgIpc) is 3.08. The zero-order valence-corrected chi connectivity index (χ0v) is 16.5. The first-order valence-electron chi connectivity index (χ1n) is 9.05. The van der Waals surface area contributed by atoms with E-state index in [-0.39, 0.29) is 18.4 Å². The van der Waals surface area contributed by atoms with Gasteiger partial charge >= 0.3 is 0 Å². The summed E-state index contributed by atoms with van der Waals surface area (Å²) in [6.45, 7) is 3.70. The van der Waals surface area contributed by atoms with Crippen molar-refractivity contribution in [1.29, 1.82) is 0 Å². The SMILES string of the molecule is CCCCC(CN)NC(=O)Cc1ccc(S(=O)(=O)N2CCCCC2)s1. The highest BCUT2D eigenvalue weighted by molar-refractivity contribution is 7.91. The molecule has 0 radical (unpaired) electrons. The van der Waals surface area contributed by atoms with Crippen molar-refractivity contribution in [2.75, 3.05) is 19.6 Å². The van der Waals surface area contributed by atoms with Gasteiger partial charge < -0.3 is 11.1 Å². The van der Waals surface area contributed by atoms with E-state index < -0.39 is 10.0 Å². The summed E-state index contributed by atoms with van der Waals surface area (Å²) in [7, 11) is -3.42. The Morgan fingerprint density at radius 1 is 1.32 bits per heavy atom.